The third-order valence-electron chi connectivity index (χ3n) is 3.00. The Kier molecular flexibility index (Phi) is 4.68. The molecule has 20 heavy (non-hydrogen) atoms. The fourth-order valence-corrected chi connectivity index (χ4v) is 2.58. The zero-order valence-corrected chi connectivity index (χ0v) is 13.3. The van der Waals surface area contributed by atoms with E-state index in [9.17, 15) is 4.79 Å². The van der Waals surface area contributed by atoms with E-state index in [0.717, 1.165) is 21.3 Å². The molecule has 2 aromatic carbocycles. The zero-order valence-electron chi connectivity index (χ0n) is 10.9. The van der Waals surface area contributed by atoms with Crippen LogP contribution >= 0.6 is 27.5 Å². The van der Waals surface area contributed by atoms with Crippen LogP contribution in [0.1, 0.15) is 21.5 Å². The van der Waals surface area contributed by atoms with Crippen molar-refractivity contribution in [3.05, 3.63) is 62.6 Å². The molecule has 2 aromatic rings. The average Bonchev–Trinajstić information content (AvgIpc) is 2.38. The van der Waals surface area contributed by atoms with Crippen molar-refractivity contribution < 1.29 is 4.79 Å². The third-order valence-corrected chi connectivity index (χ3v) is 3.84. The van der Waals surface area contributed by atoms with Gasteiger partial charge < -0.3 is 11.1 Å². The van der Waals surface area contributed by atoms with E-state index in [4.69, 9.17) is 17.3 Å². The van der Waals surface area contributed by atoms with Gasteiger partial charge in [-0.05, 0) is 48.4 Å². The molecule has 0 aromatic heterocycles. The predicted molar refractivity (Wildman–Crippen MR) is 86.2 cm³/mol. The summed E-state index contributed by atoms with van der Waals surface area (Å²) in [6, 6.07) is 11.1. The van der Waals surface area contributed by atoms with Gasteiger partial charge >= 0.3 is 0 Å². The molecular formula is C15H14BrClN2O. The lowest BCUT2D eigenvalue weighted by atomic mass is 10.1. The first-order valence-corrected chi connectivity index (χ1v) is 7.22. The molecule has 0 spiro atoms. The Morgan fingerprint density at radius 3 is 2.65 bits per heavy atom. The molecule has 0 aliphatic heterocycles. The van der Waals surface area contributed by atoms with E-state index in [1.54, 1.807) is 12.1 Å². The van der Waals surface area contributed by atoms with Gasteiger partial charge in [-0.15, -0.1) is 0 Å². The molecule has 3 N–H and O–H groups in total. The minimum Gasteiger partial charge on any atom is -0.381 e. The second kappa shape index (κ2) is 6.29. The standard InChI is InChI=1S/C15H14BrClN2O/c1-9-6-12(16)4-5-14(9)19-8-11-3-2-10(15(18)20)7-13(11)17/h2-7,19H,8H2,1H3,(H2,18,20). The third kappa shape index (κ3) is 3.52. The number of amides is 1. The molecule has 0 unspecified atom stereocenters. The Morgan fingerprint density at radius 1 is 1.30 bits per heavy atom. The summed E-state index contributed by atoms with van der Waals surface area (Å²) >= 11 is 9.58. The SMILES string of the molecule is Cc1cc(Br)ccc1NCc1ccc(C(N)=O)cc1Cl. The van der Waals surface area contributed by atoms with Crippen LogP contribution in [0.5, 0.6) is 0 Å². The van der Waals surface area contributed by atoms with Gasteiger partial charge in [-0.25, -0.2) is 0 Å². The summed E-state index contributed by atoms with van der Waals surface area (Å²) in [6.45, 7) is 2.62. The van der Waals surface area contributed by atoms with Crippen molar-refractivity contribution in [1.82, 2.24) is 0 Å². The van der Waals surface area contributed by atoms with Crippen LogP contribution in [0.25, 0.3) is 0 Å². The highest BCUT2D eigenvalue weighted by atomic mass is 79.9. The van der Waals surface area contributed by atoms with Crippen LogP contribution in [0.15, 0.2) is 40.9 Å². The first-order valence-electron chi connectivity index (χ1n) is 6.05. The normalized spacial score (nSPS) is 10.3. The van der Waals surface area contributed by atoms with Crippen LogP contribution in [-0.2, 0) is 6.54 Å². The number of carbonyl (C=O) groups is 1. The van der Waals surface area contributed by atoms with Crippen molar-refractivity contribution in [2.24, 2.45) is 5.73 Å². The molecule has 0 aliphatic rings. The van der Waals surface area contributed by atoms with E-state index >= 15 is 0 Å². The van der Waals surface area contributed by atoms with E-state index in [1.165, 1.54) is 0 Å². The van der Waals surface area contributed by atoms with Gasteiger partial charge in [0.25, 0.3) is 0 Å². The molecular weight excluding hydrogens is 340 g/mol. The summed E-state index contributed by atoms with van der Waals surface area (Å²) in [4.78, 5) is 11.1. The minimum absolute atomic E-state index is 0.415. The van der Waals surface area contributed by atoms with Crippen molar-refractivity contribution in [2.75, 3.05) is 5.32 Å². The summed E-state index contributed by atoms with van der Waals surface area (Å²) in [5.41, 5.74) is 8.73. The first kappa shape index (κ1) is 14.9. The number of halogens is 2. The fourth-order valence-electron chi connectivity index (χ4n) is 1.86. The van der Waals surface area contributed by atoms with Gasteiger partial charge in [0.15, 0.2) is 0 Å². The lowest BCUT2D eigenvalue weighted by molar-refractivity contribution is 0.100. The molecule has 0 radical (unpaired) electrons. The highest BCUT2D eigenvalue weighted by Gasteiger charge is 2.06. The van der Waals surface area contributed by atoms with Crippen molar-refractivity contribution in [3.8, 4) is 0 Å². The maximum atomic E-state index is 11.1. The Bertz CT molecular complexity index is 658. The van der Waals surface area contributed by atoms with Crippen molar-refractivity contribution >= 4 is 39.1 Å². The number of aryl methyl sites for hydroxylation is 1. The minimum atomic E-state index is -0.477. The average molecular weight is 354 g/mol. The highest BCUT2D eigenvalue weighted by Crippen LogP contribution is 2.23. The Balaban J connectivity index is 2.13. The molecule has 5 heteroatoms. The molecule has 1 amide bonds. The van der Waals surface area contributed by atoms with E-state index < -0.39 is 5.91 Å². The first-order chi connectivity index (χ1) is 9.47. The Morgan fingerprint density at radius 2 is 2.05 bits per heavy atom. The number of primary amides is 1. The van der Waals surface area contributed by atoms with Crippen LogP contribution in [0.3, 0.4) is 0 Å². The summed E-state index contributed by atoms with van der Waals surface area (Å²) in [7, 11) is 0. The van der Waals surface area contributed by atoms with E-state index in [2.05, 4.69) is 21.2 Å². The van der Waals surface area contributed by atoms with Gasteiger partial charge in [0.2, 0.25) is 5.91 Å². The van der Waals surface area contributed by atoms with Gasteiger partial charge in [0.1, 0.15) is 0 Å². The molecule has 104 valence electrons. The van der Waals surface area contributed by atoms with Crippen molar-refractivity contribution in [3.63, 3.8) is 0 Å². The number of anilines is 1. The maximum absolute atomic E-state index is 11.1. The second-order valence-electron chi connectivity index (χ2n) is 4.48. The van der Waals surface area contributed by atoms with Gasteiger partial charge in [-0.2, -0.15) is 0 Å². The van der Waals surface area contributed by atoms with Crippen LogP contribution < -0.4 is 11.1 Å². The van der Waals surface area contributed by atoms with E-state index in [0.29, 0.717) is 17.1 Å². The second-order valence-corrected chi connectivity index (χ2v) is 5.81. The molecule has 2 rings (SSSR count). The number of nitrogens with two attached hydrogens (primary N) is 1. The lowest BCUT2D eigenvalue weighted by Crippen LogP contribution is -2.11. The summed E-state index contributed by atoms with van der Waals surface area (Å²) < 4.78 is 1.05. The highest BCUT2D eigenvalue weighted by molar-refractivity contribution is 9.10. The van der Waals surface area contributed by atoms with E-state index in [1.807, 2.05) is 31.2 Å². The molecule has 3 nitrogen and oxygen atoms in total. The molecule has 0 aliphatic carbocycles. The number of hydrogen-bond acceptors (Lipinski definition) is 2. The summed E-state index contributed by atoms with van der Waals surface area (Å²) in [6.07, 6.45) is 0. The monoisotopic (exact) mass is 352 g/mol. The molecule has 0 heterocycles. The number of nitrogens with one attached hydrogen (secondary N) is 1. The van der Waals surface area contributed by atoms with Gasteiger partial charge in [-0.3, -0.25) is 4.79 Å². The molecule has 0 bridgehead atoms. The summed E-state index contributed by atoms with van der Waals surface area (Å²) in [5.74, 6) is -0.477. The van der Waals surface area contributed by atoms with Crippen LogP contribution in [0, 0.1) is 6.92 Å². The quantitative estimate of drug-likeness (QED) is 0.868. The topological polar surface area (TPSA) is 55.1 Å². The zero-order chi connectivity index (χ0) is 14.7. The van der Waals surface area contributed by atoms with Crippen LogP contribution in [0.2, 0.25) is 5.02 Å². The summed E-state index contributed by atoms with van der Waals surface area (Å²) in [5, 5.41) is 3.86. The van der Waals surface area contributed by atoms with E-state index in [-0.39, 0.29) is 0 Å². The van der Waals surface area contributed by atoms with Crippen molar-refractivity contribution in [1.29, 1.82) is 0 Å². The van der Waals surface area contributed by atoms with Crippen LogP contribution in [-0.4, -0.2) is 5.91 Å². The number of hydrogen-bond donors (Lipinski definition) is 2. The number of carbonyl (C=O) groups excluding carboxylic acids is 1. The smallest absolute Gasteiger partial charge is 0.248 e. The maximum Gasteiger partial charge on any atom is 0.248 e. The molecule has 0 fully saturated rings. The van der Waals surface area contributed by atoms with Crippen LogP contribution in [0.4, 0.5) is 5.69 Å². The van der Waals surface area contributed by atoms with Gasteiger partial charge in [0, 0.05) is 27.3 Å². The fraction of sp³-hybridized carbons (Fsp3) is 0.133. The molecule has 0 atom stereocenters. The number of benzene rings is 2. The molecule has 0 saturated heterocycles. The van der Waals surface area contributed by atoms with Gasteiger partial charge in [-0.1, -0.05) is 33.6 Å². The number of rotatable bonds is 4. The largest absolute Gasteiger partial charge is 0.381 e. The van der Waals surface area contributed by atoms with Gasteiger partial charge in [0.05, 0.1) is 0 Å². The lowest BCUT2D eigenvalue weighted by Gasteiger charge is -2.11. The Hall–Kier alpha value is -1.52. The Labute approximate surface area is 131 Å². The molecule has 0 saturated carbocycles. The predicted octanol–water partition coefficient (Wildman–Crippen LogP) is 4.12. The van der Waals surface area contributed by atoms with Crippen molar-refractivity contribution in [2.45, 2.75) is 13.5 Å².